The third-order valence-electron chi connectivity index (χ3n) is 3.94. The number of aromatic nitrogens is 2. The van der Waals surface area contributed by atoms with Crippen molar-refractivity contribution in [3.63, 3.8) is 0 Å². The van der Waals surface area contributed by atoms with E-state index in [2.05, 4.69) is 20.2 Å². The molecule has 1 aromatic heterocycles. The van der Waals surface area contributed by atoms with E-state index in [0.29, 0.717) is 22.4 Å². The molecule has 1 N–H and O–H groups in total. The number of halogens is 1. The molecule has 0 radical (unpaired) electrons. The molecular weight excluding hydrogens is 312 g/mol. The third-order valence-corrected chi connectivity index (χ3v) is 4.35. The number of nitrogens with zero attached hydrogens (tertiary/aromatic N) is 3. The summed E-state index contributed by atoms with van der Waals surface area (Å²) < 4.78 is 0. The molecule has 1 aromatic carbocycles. The minimum absolute atomic E-state index is 0.259. The topological polar surface area (TPSA) is 58.1 Å². The van der Waals surface area contributed by atoms with Gasteiger partial charge in [0.25, 0.3) is 5.91 Å². The fourth-order valence-corrected chi connectivity index (χ4v) is 2.77. The average Bonchev–Trinajstić information content (AvgIpc) is 2.59. The molecule has 2 aromatic rings. The van der Waals surface area contributed by atoms with E-state index < -0.39 is 0 Å². The van der Waals surface area contributed by atoms with Gasteiger partial charge >= 0.3 is 0 Å². The largest absolute Gasteiger partial charge is 0.341 e. The van der Waals surface area contributed by atoms with E-state index in [9.17, 15) is 4.79 Å². The highest BCUT2D eigenvalue weighted by Gasteiger charge is 2.16. The molecule has 1 fully saturated rings. The van der Waals surface area contributed by atoms with Gasteiger partial charge < -0.3 is 10.2 Å². The van der Waals surface area contributed by atoms with Crippen molar-refractivity contribution in [1.82, 2.24) is 9.97 Å². The SMILES string of the molecule is Cc1ccc(NC(=O)c2ccnc(N3CCCCC3)n2)cc1Cl. The first kappa shape index (κ1) is 15.7. The number of benzene rings is 1. The van der Waals surface area contributed by atoms with E-state index >= 15 is 0 Å². The summed E-state index contributed by atoms with van der Waals surface area (Å²) in [6.07, 6.45) is 5.15. The van der Waals surface area contributed by atoms with E-state index in [4.69, 9.17) is 11.6 Å². The van der Waals surface area contributed by atoms with Gasteiger partial charge in [0.15, 0.2) is 0 Å². The summed E-state index contributed by atoms with van der Waals surface area (Å²) in [6.45, 7) is 3.81. The van der Waals surface area contributed by atoms with Crippen molar-refractivity contribution in [1.29, 1.82) is 0 Å². The first-order chi connectivity index (χ1) is 11.1. The van der Waals surface area contributed by atoms with Crippen molar-refractivity contribution in [2.75, 3.05) is 23.3 Å². The van der Waals surface area contributed by atoms with Crippen molar-refractivity contribution >= 4 is 29.1 Å². The number of carbonyl (C=O) groups is 1. The van der Waals surface area contributed by atoms with Gasteiger partial charge in [-0.1, -0.05) is 17.7 Å². The Bertz CT molecular complexity index is 713. The Labute approximate surface area is 140 Å². The van der Waals surface area contributed by atoms with E-state index in [1.165, 1.54) is 6.42 Å². The first-order valence-electron chi connectivity index (χ1n) is 7.79. The summed E-state index contributed by atoms with van der Waals surface area (Å²) in [4.78, 5) is 23.2. The van der Waals surface area contributed by atoms with Gasteiger partial charge in [0.2, 0.25) is 5.95 Å². The molecule has 0 saturated carbocycles. The maximum Gasteiger partial charge on any atom is 0.274 e. The van der Waals surface area contributed by atoms with E-state index in [0.717, 1.165) is 31.5 Å². The predicted molar refractivity (Wildman–Crippen MR) is 92.2 cm³/mol. The second-order valence-electron chi connectivity index (χ2n) is 5.71. The fraction of sp³-hybridized carbons (Fsp3) is 0.353. The maximum absolute atomic E-state index is 12.4. The van der Waals surface area contributed by atoms with Crippen LogP contribution in [0.2, 0.25) is 5.02 Å². The second-order valence-corrected chi connectivity index (χ2v) is 6.11. The number of hydrogen-bond donors (Lipinski definition) is 1. The molecule has 0 unspecified atom stereocenters. The molecule has 1 saturated heterocycles. The lowest BCUT2D eigenvalue weighted by atomic mass is 10.1. The van der Waals surface area contributed by atoms with Gasteiger partial charge in [-0.25, -0.2) is 9.97 Å². The lowest BCUT2D eigenvalue weighted by molar-refractivity contribution is 0.102. The molecule has 1 aliphatic rings. The molecule has 23 heavy (non-hydrogen) atoms. The summed E-state index contributed by atoms with van der Waals surface area (Å²) in [5.41, 5.74) is 1.99. The normalized spacial score (nSPS) is 14.6. The number of aryl methyl sites for hydroxylation is 1. The zero-order valence-electron chi connectivity index (χ0n) is 13.1. The molecule has 0 aliphatic carbocycles. The van der Waals surface area contributed by atoms with E-state index in [-0.39, 0.29) is 5.91 Å². The Balaban J connectivity index is 1.75. The zero-order chi connectivity index (χ0) is 16.2. The quantitative estimate of drug-likeness (QED) is 0.932. The first-order valence-corrected chi connectivity index (χ1v) is 8.17. The number of nitrogens with one attached hydrogen (secondary N) is 1. The Kier molecular flexibility index (Phi) is 4.76. The van der Waals surface area contributed by atoms with Crippen LogP contribution in [-0.4, -0.2) is 29.0 Å². The second kappa shape index (κ2) is 6.96. The Morgan fingerprint density at radius 3 is 2.74 bits per heavy atom. The van der Waals surface area contributed by atoms with Crippen molar-refractivity contribution in [2.24, 2.45) is 0 Å². The van der Waals surface area contributed by atoms with E-state index in [1.54, 1.807) is 18.3 Å². The van der Waals surface area contributed by atoms with E-state index in [1.807, 2.05) is 19.1 Å². The molecule has 1 aliphatic heterocycles. The molecule has 6 heteroatoms. The highest BCUT2D eigenvalue weighted by molar-refractivity contribution is 6.31. The number of piperidine rings is 1. The number of hydrogen-bond acceptors (Lipinski definition) is 4. The van der Waals surface area contributed by atoms with Gasteiger partial charge in [-0.15, -0.1) is 0 Å². The summed E-state index contributed by atoms with van der Waals surface area (Å²) in [5, 5.41) is 3.45. The van der Waals surface area contributed by atoms with Crippen molar-refractivity contribution in [2.45, 2.75) is 26.2 Å². The monoisotopic (exact) mass is 330 g/mol. The minimum atomic E-state index is -0.259. The molecular formula is C17H19ClN4O. The standard InChI is InChI=1S/C17H19ClN4O/c1-12-5-6-13(11-14(12)18)20-16(23)15-7-8-19-17(21-15)22-9-3-2-4-10-22/h5-8,11H,2-4,9-10H2,1H3,(H,20,23). The molecule has 3 rings (SSSR count). The highest BCUT2D eigenvalue weighted by Crippen LogP contribution is 2.21. The lowest BCUT2D eigenvalue weighted by Crippen LogP contribution is -2.31. The average molecular weight is 331 g/mol. The summed E-state index contributed by atoms with van der Waals surface area (Å²) in [5.74, 6) is 0.366. The Morgan fingerprint density at radius 1 is 1.22 bits per heavy atom. The number of amides is 1. The third kappa shape index (κ3) is 3.79. The molecule has 5 nitrogen and oxygen atoms in total. The van der Waals surface area contributed by atoms with Gasteiger partial charge in [0.05, 0.1) is 0 Å². The smallest absolute Gasteiger partial charge is 0.274 e. The fourth-order valence-electron chi connectivity index (χ4n) is 2.59. The van der Waals surface area contributed by atoms with Crippen LogP contribution in [0, 0.1) is 6.92 Å². The van der Waals surface area contributed by atoms with Gasteiger partial charge in [-0.05, 0) is 49.9 Å². The summed E-state index contributed by atoms with van der Waals surface area (Å²) in [6, 6.07) is 7.06. The van der Waals surface area contributed by atoms with Gasteiger partial charge in [0, 0.05) is 30.0 Å². The van der Waals surface area contributed by atoms with Crippen LogP contribution in [0.3, 0.4) is 0 Å². The lowest BCUT2D eigenvalue weighted by Gasteiger charge is -2.26. The number of carbonyl (C=O) groups excluding carboxylic acids is 1. The highest BCUT2D eigenvalue weighted by atomic mass is 35.5. The Morgan fingerprint density at radius 2 is 2.00 bits per heavy atom. The number of anilines is 2. The summed E-state index contributed by atoms with van der Waals surface area (Å²) in [7, 11) is 0. The van der Waals surface area contributed by atoms with Crippen LogP contribution >= 0.6 is 11.6 Å². The van der Waals surface area contributed by atoms with Crippen LogP contribution < -0.4 is 10.2 Å². The van der Waals surface area contributed by atoms with Crippen LogP contribution in [0.25, 0.3) is 0 Å². The molecule has 0 spiro atoms. The molecule has 0 atom stereocenters. The molecule has 0 bridgehead atoms. The predicted octanol–water partition coefficient (Wildman–Crippen LogP) is 3.68. The van der Waals surface area contributed by atoms with Crippen molar-refractivity contribution in [3.8, 4) is 0 Å². The van der Waals surface area contributed by atoms with Crippen LogP contribution in [-0.2, 0) is 0 Å². The molecule has 1 amide bonds. The minimum Gasteiger partial charge on any atom is -0.341 e. The number of rotatable bonds is 3. The zero-order valence-corrected chi connectivity index (χ0v) is 13.8. The van der Waals surface area contributed by atoms with Crippen LogP contribution in [0.1, 0.15) is 35.3 Å². The molecule has 2 heterocycles. The van der Waals surface area contributed by atoms with Crippen LogP contribution in [0.4, 0.5) is 11.6 Å². The van der Waals surface area contributed by atoms with Crippen LogP contribution in [0.15, 0.2) is 30.5 Å². The molecule has 120 valence electrons. The van der Waals surface area contributed by atoms with Crippen molar-refractivity contribution < 1.29 is 4.79 Å². The van der Waals surface area contributed by atoms with Gasteiger partial charge in [0.1, 0.15) is 5.69 Å². The Hall–Kier alpha value is -2.14. The van der Waals surface area contributed by atoms with Gasteiger partial charge in [-0.2, -0.15) is 0 Å². The van der Waals surface area contributed by atoms with Gasteiger partial charge in [-0.3, -0.25) is 4.79 Å². The summed E-state index contributed by atoms with van der Waals surface area (Å²) >= 11 is 6.09. The van der Waals surface area contributed by atoms with Crippen LogP contribution in [0.5, 0.6) is 0 Å². The van der Waals surface area contributed by atoms with Crippen molar-refractivity contribution in [3.05, 3.63) is 46.7 Å². The maximum atomic E-state index is 12.4.